The molecule has 5 heteroatoms. The van der Waals surface area contributed by atoms with Crippen LogP contribution in [-0.2, 0) is 0 Å². The van der Waals surface area contributed by atoms with Crippen molar-refractivity contribution in [1.29, 1.82) is 5.26 Å². The topological polar surface area (TPSA) is 36.7 Å². The SMILES string of the molecule is N#Cc1nc(Cl)ccc1C(F)F. The Labute approximate surface area is 72.4 Å². The zero-order valence-corrected chi connectivity index (χ0v) is 6.52. The predicted molar refractivity (Wildman–Crippen MR) is 38.9 cm³/mol. The number of hydrogen-bond acceptors (Lipinski definition) is 2. The van der Waals surface area contributed by atoms with E-state index >= 15 is 0 Å². The van der Waals surface area contributed by atoms with E-state index in [0.717, 1.165) is 6.07 Å². The van der Waals surface area contributed by atoms with Gasteiger partial charge in [-0.1, -0.05) is 11.6 Å². The molecule has 0 aliphatic heterocycles. The molecule has 0 fully saturated rings. The standard InChI is InChI=1S/C7H3ClF2N2/c8-6-2-1-4(7(9)10)5(3-11)12-6/h1-2,7H. The van der Waals surface area contributed by atoms with E-state index in [1.807, 2.05) is 0 Å². The minimum absolute atomic E-state index is 0.0379. The quantitative estimate of drug-likeness (QED) is 0.635. The number of nitriles is 1. The van der Waals surface area contributed by atoms with Gasteiger partial charge in [0, 0.05) is 0 Å². The first kappa shape index (κ1) is 8.88. The Morgan fingerprint density at radius 2 is 2.17 bits per heavy atom. The van der Waals surface area contributed by atoms with Crippen LogP contribution in [0.4, 0.5) is 8.78 Å². The summed E-state index contributed by atoms with van der Waals surface area (Å²) in [5.41, 5.74) is -0.709. The van der Waals surface area contributed by atoms with E-state index in [-0.39, 0.29) is 16.4 Å². The Balaban J connectivity index is 3.23. The lowest BCUT2D eigenvalue weighted by Crippen LogP contribution is -1.93. The maximum atomic E-state index is 12.1. The lowest BCUT2D eigenvalue weighted by molar-refractivity contribution is 0.150. The van der Waals surface area contributed by atoms with Crippen LogP contribution in [0.1, 0.15) is 17.7 Å². The van der Waals surface area contributed by atoms with Crippen molar-refractivity contribution >= 4 is 11.6 Å². The molecule has 0 radical (unpaired) electrons. The van der Waals surface area contributed by atoms with Crippen LogP contribution < -0.4 is 0 Å². The third-order valence-corrected chi connectivity index (χ3v) is 1.44. The highest BCUT2D eigenvalue weighted by Crippen LogP contribution is 2.22. The van der Waals surface area contributed by atoms with Gasteiger partial charge in [-0.25, -0.2) is 13.8 Å². The van der Waals surface area contributed by atoms with Gasteiger partial charge in [-0.05, 0) is 12.1 Å². The Bertz CT molecular complexity index is 333. The monoisotopic (exact) mass is 188 g/mol. The van der Waals surface area contributed by atoms with Crippen molar-refractivity contribution in [2.24, 2.45) is 0 Å². The summed E-state index contributed by atoms with van der Waals surface area (Å²) in [6.45, 7) is 0. The third kappa shape index (κ3) is 1.69. The lowest BCUT2D eigenvalue weighted by Gasteiger charge is -2.00. The molecule has 0 bridgehead atoms. The number of nitrogens with zero attached hydrogens (tertiary/aromatic N) is 2. The Morgan fingerprint density at radius 3 is 2.67 bits per heavy atom. The largest absolute Gasteiger partial charge is 0.266 e. The molecular formula is C7H3ClF2N2. The van der Waals surface area contributed by atoms with E-state index in [0.29, 0.717) is 0 Å². The van der Waals surface area contributed by atoms with Gasteiger partial charge in [0.15, 0.2) is 5.69 Å². The average molecular weight is 189 g/mol. The summed E-state index contributed by atoms with van der Waals surface area (Å²) in [7, 11) is 0. The average Bonchev–Trinajstić information content (AvgIpc) is 2.03. The summed E-state index contributed by atoms with van der Waals surface area (Å²) in [5, 5.41) is 8.43. The molecule has 0 unspecified atom stereocenters. The number of halogens is 3. The first-order valence-corrected chi connectivity index (χ1v) is 3.37. The van der Waals surface area contributed by atoms with Crippen LogP contribution >= 0.6 is 11.6 Å². The zero-order valence-electron chi connectivity index (χ0n) is 5.76. The second-order valence-corrected chi connectivity index (χ2v) is 2.37. The number of hydrogen-bond donors (Lipinski definition) is 0. The molecule has 0 N–H and O–H groups in total. The van der Waals surface area contributed by atoms with Crippen molar-refractivity contribution in [2.75, 3.05) is 0 Å². The maximum Gasteiger partial charge on any atom is 0.266 e. The third-order valence-electron chi connectivity index (χ3n) is 1.23. The predicted octanol–water partition coefficient (Wildman–Crippen LogP) is 2.54. The van der Waals surface area contributed by atoms with Gasteiger partial charge in [-0.15, -0.1) is 0 Å². The van der Waals surface area contributed by atoms with Gasteiger partial charge in [0.05, 0.1) is 5.56 Å². The van der Waals surface area contributed by atoms with E-state index in [1.54, 1.807) is 6.07 Å². The van der Waals surface area contributed by atoms with Crippen LogP contribution in [0.15, 0.2) is 12.1 Å². The fourth-order valence-corrected chi connectivity index (χ4v) is 0.859. The van der Waals surface area contributed by atoms with E-state index in [4.69, 9.17) is 16.9 Å². The minimum Gasteiger partial charge on any atom is -0.225 e. The molecule has 0 spiro atoms. The molecule has 62 valence electrons. The highest BCUT2D eigenvalue weighted by Gasteiger charge is 2.13. The zero-order chi connectivity index (χ0) is 9.14. The van der Waals surface area contributed by atoms with E-state index in [1.165, 1.54) is 6.07 Å². The molecule has 0 saturated carbocycles. The first-order valence-electron chi connectivity index (χ1n) is 3.00. The first-order chi connectivity index (χ1) is 5.65. The van der Waals surface area contributed by atoms with E-state index in [9.17, 15) is 8.78 Å². The van der Waals surface area contributed by atoms with Gasteiger partial charge in [0.25, 0.3) is 6.43 Å². The Hall–Kier alpha value is -1.21. The van der Waals surface area contributed by atoms with Crippen LogP contribution in [-0.4, -0.2) is 4.98 Å². The van der Waals surface area contributed by atoms with Crippen LogP contribution in [0.3, 0.4) is 0 Å². The molecule has 0 saturated heterocycles. The summed E-state index contributed by atoms with van der Waals surface area (Å²) in [6, 6.07) is 3.86. The fraction of sp³-hybridized carbons (Fsp3) is 0.143. The maximum absolute atomic E-state index is 12.1. The van der Waals surface area contributed by atoms with Crippen molar-refractivity contribution in [3.63, 3.8) is 0 Å². The second kappa shape index (κ2) is 3.46. The number of rotatable bonds is 1. The molecule has 0 amide bonds. The second-order valence-electron chi connectivity index (χ2n) is 1.98. The minimum atomic E-state index is -2.69. The summed E-state index contributed by atoms with van der Waals surface area (Å²) in [4.78, 5) is 3.44. The number of alkyl halides is 2. The van der Waals surface area contributed by atoms with Crippen LogP contribution in [0.2, 0.25) is 5.15 Å². The lowest BCUT2D eigenvalue weighted by atomic mass is 10.2. The van der Waals surface area contributed by atoms with Crippen LogP contribution in [0.25, 0.3) is 0 Å². The Kier molecular flexibility index (Phi) is 2.56. The highest BCUT2D eigenvalue weighted by molar-refractivity contribution is 6.29. The smallest absolute Gasteiger partial charge is 0.225 e. The molecule has 1 heterocycles. The molecule has 1 aromatic heterocycles. The van der Waals surface area contributed by atoms with E-state index < -0.39 is 6.43 Å². The van der Waals surface area contributed by atoms with Crippen molar-refractivity contribution in [3.8, 4) is 6.07 Å². The molecule has 0 aliphatic rings. The van der Waals surface area contributed by atoms with Crippen molar-refractivity contribution in [1.82, 2.24) is 4.98 Å². The van der Waals surface area contributed by atoms with Gasteiger partial charge in [-0.3, -0.25) is 0 Å². The highest BCUT2D eigenvalue weighted by atomic mass is 35.5. The molecule has 0 atom stereocenters. The van der Waals surface area contributed by atoms with Crippen LogP contribution in [0.5, 0.6) is 0 Å². The fourth-order valence-electron chi connectivity index (χ4n) is 0.712. The Morgan fingerprint density at radius 1 is 1.50 bits per heavy atom. The molecule has 1 aromatic rings. The summed E-state index contributed by atoms with van der Waals surface area (Å²) >= 11 is 5.39. The van der Waals surface area contributed by atoms with Crippen LogP contribution in [0, 0.1) is 11.3 Å². The summed E-state index contributed by atoms with van der Waals surface area (Å²) in [6.07, 6.45) is -2.69. The van der Waals surface area contributed by atoms with Gasteiger partial charge < -0.3 is 0 Å². The molecule has 12 heavy (non-hydrogen) atoms. The van der Waals surface area contributed by atoms with Gasteiger partial charge in [0.2, 0.25) is 0 Å². The summed E-state index contributed by atoms with van der Waals surface area (Å²) in [5.74, 6) is 0. The normalized spacial score (nSPS) is 9.92. The van der Waals surface area contributed by atoms with Gasteiger partial charge >= 0.3 is 0 Å². The van der Waals surface area contributed by atoms with Crippen molar-refractivity contribution in [2.45, 2.75) is 6.43 Å². The van der Waals surface area contributed by atoms with E-state index in [2.05, 4.69) is 4.98 Å². The number of pyridine rings is 1. The molecule has 0 aromatic carbocycles. The number of aromatic nitrogens is 1. The molecule has 1 rings (SSSR count). The molecular weight excluding hydrogens is 186 g/mol. The van der Waals surface area contributed by atoms with Gasteiger partial charge in [-0.2, -0.15) is 5.26 Å². The van der Waals surface area contributed by atoms with Gasteiger partial charge in [0.1, 0.15) is 11.2 Å². The van der Waals surface area contributed by atoms with Crippen molar-refractivity contribution in [3.05, 3.63) is 28.5 Å². The summed E-state index contributed by atoms with van der Waals surface area (Å²) < 4.78 is 24.2. The molecule has 2 nitrogen and oxygen atoms in total. The van der Waals surface area contributed by atoms with Crippen molar-refractivity contribution < 1.29 is 8.78 Å². The molecule has 0 aliphatic carbocycles.